The number of aromatic nitrogens is 2. The third-order valence-corrected chi connectivity index (χ3v) is 4.83. The molecule has 9 nitrogen and oxygen atoms in total. The van der Waals surface area contributed by atoms with Gasteiger partial charge < -0.3 is 24.9 Å². The average Bonchev–Trinajstić information content (AvgIpc) is 3.17. The number of aliphatic carboxylic acids is 1. The fraction of sp³-hybridized carbons (Fsp3) is 0.524. The predicted octanol–water partition coefficient (Wildman–Crippen LogP) is 3.80. The van der Waals surface area contributed by atoms with E-state index >= 15 is 0 Å². The lowest BCUT2D eigenvalue weighted by atomic mass is 9.87. The fourth-order valence-electron chi connectivity index (χ4n) is 3.15. The third kappa shape index (κ3) is 6.20. The van der Waals surface area contributed by atoms with Crippen LogP contribution in [-0.4, -0.2) is 39.8 Å². The van der Waals surface area contributed by atoms with Crippen LogP contribution in [-0.2, 0) is 4.79 Å². The Morgan fingerprint density at radius 2 is 1.80 bits per heavy atom. The Morgan fingerprint density at radius 1 is 1.13 bits per heavy atom. The normalized spacial score (nSPS) is 19.2. The summed E-state index contributed by atoms with van der Waals surface area (Å²) in [5.74, 6) is -0.935. The molecule has 0 unspecified atom stereocenters. The molecule has 30 heavy (non-hydrogen) atoms. The Hall–Kier alpha value is -3.10. The fourth-order valence-corrected chi connectivity index (χ4v) is 3.15. The Morgan fingerprint density at radius 3 is 2.40 bits per heavy atom. The second-order valence-corrected chi connectivity index (χ2v) is 8.73. The molecular weight excluding hydrogens is 388 g/mol. The highest BCUT2D eigenvalue weighted by Crippen LogP contribution is 2.28. The molecule has 9 heteroatoms. The number of hydrogen-bond acceptors (Lipinski definition) is 7. The molecule has 0 radical (unpaired) electrons. The van der Waals surface area contributed by atoms with Crippen molar-refractivity contribution in [1.82, 2.24) is 10.2 Å². The minimum Gasteiger partial charge on any atom is -0.490 e. The highest BCUT2D eigenvalue weighted by molar-refractivity contribution is 6.00. The average molecular weight is 416 g/mol. The zero-order chi connectivity index (χ0) is 21.7. The van der Waals surface area contributed by atoms with Crippen molar-refractivity contribution in [3.63, 3.8) is 0 Å². The maximum absolute atomic E-state index is 12.3. The molecule has 0 saturated heterocycles. The van der Waals surface area contributed by atoms with Crippen LogP contribution in [0.1, 0.15) is 57.1 Å². The van der Waals surface area contributed by atoms with Crippen molar-refractivity contribution in [3.8, 4) is 5.75 Å². The minimum absolute atomic E-state index is 0.0125. The summed E-state index contributed by atoms with van der Waals surface area (Å²) < 4.78 is 11.3. The summed E-state index contributed by atoms with van der Waals surface area (Å²) >= 11 is 0. The summed E-state index contributed by atoms with van der Waals surface area (Å²) in [4.78, 5) is 23.3. The zero-order valence-corrected chi connectivity index (χ0v) is 17.5. The van der Waals surface area contributed by atoms with Crippen molar-refractivity contribution in [1.29, 1.82) is 0 Å². The monoisotopic (exact) mass is 416 g/mol. The van der Waals surface area contributed by atoms with Gasteiger partial charge in [-0.1, -0.05) is 25.9 Å². The van der Waals surface area contributed by atoms with Crippen molar-refractivity contribution in [2.45, 2.75) is 52.6 Å². The first-order valence-electron chi connectivity index (χ1n) is 10.1. The van der Waals surface area contributed by atoms with Gasteiger partial charge in [0.2, 0.25) is 0 Å². The van der Waals surface area contributed by atoms with E-state index in [0.29, 0.717) is 30.8 Å². The number of benzene rings is 1. The van der Waals surface area contributed by atoms with E-state index in [9.17, 15) is 9.59 Å². The van der Waals surface area contributed by atoms with Gasteiger partial charge in [-0.3, -0.25) is 9.59 Å². The molecular formula is C21H28N4O5. The minimum atomic E-state index is -0.730. The summed E-state index contributed by atoms with van der Waals surface area (Å²) in [6.07, 6.45) is 2.71. The smallest absolute Gasteiger partial charge is 0.315 e. The molecule has 1 aromatic heterocycles. The summed E-state index contributed by atoms with van der Waals surface area (Å²) in [6.45, 7) is 6.84. The van der Waals surface area contributed by atoms with Crippen LogP contribution in [0.2, 0.25) is 0 Å². The highest BCUT2D eigenvalue weighted by Gasteiger charge is 2.27. The number of nitrogens with zero attached hydrogens (tertiary/aromatic N) is 2. The lowest BCUT2D eigenvalue weighted by Crippen LogP contribution is -2.27. The molecule has 0 atom stereocenters. The predicted molar refractivity (Wildman–Crippen MR) is 111 cm³/mol. The molecule has 3 rings (SSSR count). The molecule has 1 aromatic carbocycles. The van der Waals surface area contributed by atoms with E-state index < -0.39 is 11.9 Å². The van der Waals surface area contributed by atoms with Crippen LogP contribution in [0.4, 0.5) is 11.7 Å². The van der Waals surface area contributed by atoms with Crippen molar-refractivity contribution in [2.75, 3.05) is 17.2 Å². The SMILES string of the molecule is CC(C)(C)CNc1nnc(C(=O)Nc2ccc(OC3CCC(C(=O)O)CC3)cc2)o1. The van der Waals surface area contributed by atoms with Crippen LogP contribution in [0.25, 0.3) is 0 Å². The molecule has 1 heterocycles. The van der Waals surface area contributed by atoms with Gasteiger partial charge in [0.15, 0.2) is 0 Å². The molecule has 1 amide bonds. The molecule has 162 valence electrons. The van der Waals surface area contributed by atoms with Crippen LogP contribution in [0, 0.1) is 11.3 Å². The van der Waals surface area contributed by atoms with Gasteiger partial charge in [-0.15, -0.1) is 5.10 Å². The Bertz CT molecular complexity index is 864. The van der Waals surface area contributed by atoms with E-state index in [-0.39, 0.29) is 29.3 Å². The van der Waals surface area contributed by atoms with Crippen LogP contribution in [0.3, 0.4) is 0 Å². The zero-order valence-electron chi connectivity index (χ0n) is 17.5. The molecule has 1 aliphatic rings. The van der Waals surface area contributed by atoms with E-state index in [4.69, 9.17) is 14.3 Å². The lowest BCUT2D eigenvalue weighted by molar-refractivity contribution is -0.143. The Labute approximate surface area is 175 Å². The van der Waals surface area contributed by atoms with Crippen molar-refractivity contribution >= 4 is 23.6 Å². The van der Waals surface area contributed by atoms with Crippen molar-refractivity contribution < 1.29 is 23.8 Å². The quantitative estimate of drug-likeness (QED) is 0.622. The first kappa shape index (κ1) is 21.6. The number of carboxylic acids is 1. The largest absolute Gasteiger partial charge is 0.490 e. The van der Waals surface area contributed by atoms with Crippen LogP contribution in [0.5, 0.6) is 5.75 Å². The summed E-state index contributed by atoms with van der Waals surface area (Å²) in [6, 6.07) is 7.19. The van der Waals surface area contributed by atoms with Crippen LogP contribution >= 0.6 is 0 Å². The molecule has 1 saturated carbocycles. The second-order valence-electron chi connectivity index (χ2n) is 8.73. The highest BCUT2D eigenvalue weighted by atomic mass is 16.5. The lowest BCUT2D eigenvalue weighted by Gasteiger charge is -2.26. The molecule has 2 aromatic rings. The number of nitrogens with one attached hydrogen (secondary N) is 2. The second kappa shape index (κ2) is 9.15. The van der Waals surface area contributed by atoms with Gasteiger partial charge in [-0.25, -0.2) is 0 Å². The van der Waals surface area contributed by atoms with Gasteiger partial charge in [0, 0.05) is 12.2 Å². The number of carbonyl (C=O) groups is 2. The number of carbonyl (C=O) groups excluding carboxylic acids is 1. The summed E-state index contributed by atoms with van der Waals surface area (Å²) in [7, 11) is 0. The molecule has 0 aliphatic heterocycles. The molecule has 0 bridgehead atoms. The molecule has 0 spiro atoms. The molecule has 1 aliphatic carbocycles. The Kier molecular flexibility index (Phi) is 6.59. The first-order chi connectivity index (χ1) is 14.2. The van der Waals surface area contributed by atoms with Crippen LogP contribution < -0.4 is 15.4 Å². The van der Waals surface area contributed by atoms with Gasteiger partial charge in [0.25, 0.3) is 0 Å². The van der Waals surface area contributed by atoms with Gasteiger partial charge >= 0.3 is 23.8 Å². The van der Waals surface area contributed by atoms with Gasteiger partial charge in [0.1, 0.15) is 5.75 Å². The Balaban J connectivity index is 1.49. The third-order valence-electron chi connectivity index (χ3n) is 4.83. The van der Waals surface area contributed by atoms with E-state index in [2.05, 4.69) is 41.6 Å². The van der Waals surface area contributed by atoms with Gasteiger partial charge in [-0.2, -0.15) is 0 Å². The molecule has 1 fully saturated rings. The maximum Gasteiger partial charge on any atom is 0.315 e. The van der Waals surface area contributed by atoms with E-state index in [0.717, 1.165) is 12.8 Å². The number of rotatable bonds is 7. The van der Waals surface area contributed by atoms with Crippen LogP contribution in [0.15, 0.2) is 28.7 Å². The maximum atomic E-state index is 12.3. The van der Waals surface area contributed by atoms with E-state index in [1.165, 1.54) is 0 Å². The number of anilines is 2. The van der Waals surface area contributed by atoms with E-state index in [1.54, 1.807) is 24.3 Å². The number of carboxylic acid groups (broad SMARTS) is 1. The first-order valence-corrected chi connectivity index (χ1v) is 10.1. The molecule has 3 N–H and O–H groups in total. The summed E-state index contributed by atoms with van der Waals surface area (Å²) in [5, 5.41) is 22.4. The van der Waals surface area contributed by atoms with Gasteiger partial charge in [0.05, 0.1) is 12.0 Å². The van der Waals surface area contributed by atoms with E-state index in [1.807, 2.05) is 0 Å². The topological polar surface area (TPSA) is 127 Å². The standard InChI is InChI=1S/C21H28N4O5/c1-21(2,3)12-22-20-25-24-18(30-20)17(26)23-14-6-10-16(11-7-14)29-15-8-4-13(5-9-15)19(27)28/h6-7,10-11,13,15H,4-5,8-9,12H2,1-3H3,(H,22,25)(H,23,26)(H,27,28). The number of ether oxygens (including phenoxy) is 1. The van der Waals surface area contributed by atoms with Gasteiger partial charge in [-0.05, 0) is 55.4 Å². The van der Waals surface area contributed by atoms with Crippen molar-refractivity contribution in [3.05, 3.63) is 30.2 Å². The van der Waals surface area contributed by atoms with Crippen molar-refractivity contribution in [2.24, 2.45) is 11.3 Å². The summed E-state index contributed by atoms with van der Waals surface area (Å²) in [5.41, 5.74) is 0.611. The number of hydrogen-bond donors (Lipinski definition) is 3. The number of amides is 1.